The molecule has 0 radical (unpaired) electrons. The van der Waals surface area contributed by atoms with Crippen LogP contribution < -0.4 is 10.6 Å². The summed E-state index contributed by atoms with van der Waals surface area (Å²) in [5.74, 6) is 0.671. The highest BCUT2D eigenvalue weighted by atomic mass is 32.2. The van der Waals surface area contributed by atoms with Crippen molar-refractivity contribution in [2.45, 2.75) is 55.0 Å². The third kappa shape index (κ3) is 3.13. The summed E-state index contributed by atoms with van der Waals surface area (Å²) in [6.45, 7) is 5.13. The molecule has 6 heteroatoms. The number of nitrogens with one attached hydrogen (secondary N) is 2. The average Bonchev–Trinajstić information content (AvgIpc) is 2.87. The predicted molar refractivity (Wildman–Crippen MR) is 121 cm³/mol. The van der Waals surface area contributed by atoms with Crippen LogP contribution in [0.25, 0.3) is 10.9 Å². The maximum atomic E-state index is 13.5. The van der Waals surface area contributed by atoms with Crippen molar-refractivity contribution < 1.29 is 8.42 Å². The number of sulfone groups is 1. The molecule has 1 fully saturated rings. The van der Waals surface area contributed by atoms with Crippen LogP contribution in [-0.2, 0) is 23.3 Å². The largest absolute Gasteiger partial charge is 0.383 e. The molecule has 2 unspecified atom stereocenters. The minimum absolute atomic E-state index is 0.238. The molecule has 0 spiro atoms. The minimum atomic E-state index is -3.60. The first-order valence-corrected chi connectivity index (χ1v) is 12.3. The van der Waals surface area contributed by atoms with Crippen LogP contribution in [0.15, 0.2) is 52.3 Å². The lowest BCUT2D eigenvalue weighted by Crippen LogP contribution is -2.30. The maximum absolute atomic E-state index is 13.5. The number of hydrogen-bond acceptors (Lipinski definition) is 4. The fourth-order valence-electron chi connectivity index (χ4n) is 5.14. The van der Waals surface area contributed by atoms with Crippen molar-refractivity contribution in [1.29, 1.82) is 0 Å². The van der Waals surface area contributed by atoms with Gasteiger partial charge in [-0.05, 0) is 87.5 Å². The zero-order valence-corrected chi connectivity index (χ0v) is 18.6. The first-order valence-electron chi connectivity index (χ1n) is 10.8. The molecular formula is C24H29N3O2S. The van der Waals surface area contributed by atoms with Crippen molar-refractivity contribution in [3.63, 3.8) is 0 Å². The molecule has 2 aromatic carbocycles. The van der Waals surface area contributed by atoms with Gasteiger partial charge in [0, 0.05) is 41.4 Å². The van der Waals surface area contributed by atoms with Gasteiger partial charge in [-0.25, -0.2) is 8.42 Å². The summed E-state index contributed by atoms with van der Waals surface area (Å²) in [5.41, 5.74) is 4.60. The second kappa shape index (κ2) is 7.13. The van der Waals surface area contributed by atoms with Gasteiger partial charge in [0.1, 0.15) is 0 Å². The topological polar surface area (TPSA) is 63.1 Å². The van der Waals surface area contributed by atoms with Gasteiger partial charge < -0.3 is 15.2 Å². The quantitative estimate of drug-likeness (QED) is 0.652. The highest BCUT2D eigenvalue weighted by molar-refractivity contribution is 7.91. The highest BCUT2D eigenvalue weighted by Crippen LogP contribution is 2.41. The van der Waals surface area contributed by atoms with E-state index in [1.807, 2.05) is 32.0 Å². The van der Waals surface area contributed by atoms with Crippen LogP contribution in [-0.4, -0.2) is 25.6 Å². The Morgan fingerprint density at radius 3 is 2.63 bits per heavy atom. The summed E-state index contributed by atoms with van der Waals surface area (Å²) in [6, 6.07) is 13.3. The number of piperidine rings is 1. The standard InChI is InChI=1S/C24H29N3O2S/c1-15(2)26-17-5-4-6-18(12-17)30(28,29)19-8-10-22-20(13-19)24-21-9-7-16(14-25-21)11-23(24)27(22)3/h4-6,8,10,12-13,15-16,21,25-26H,7,9,11,14H2,1-3H3. The van der Waals surface area contributed by atoms with E-state index in [9.17, 15) is 8.42 Å². The lowest BCUT2D eigenvalue weighted by atomic mass is 9.95. The zero-order valence-electron chi connectivity index (χ0n) is 17.8. The third-order valence-corrected chi connectivity index (χ3v) is 8.34. The fourth-order valence-corrected chi connectivity index (χ4v) is 6.47. The number of fused-ring (bicyclic) bond motifs is 3. The Morgan fingerprint density at radius 1 is 1.10 bits per heavy atom. The molecule has 1 aromatic heterocycles. The van der Waals surface area contributed by atoms with Crippen molar-refractivity contribution in [3.05, 3.63) is 53.7 Å². The summed E-state index contributed by atoms with van der Waals surface area (Å²) in [5, 5.41) is 8.05. The van der Waals surface area contributed by atoms with Crippen molar-refractivity contribution in [2.75, 3.05) is 11.9 Å². The number of aryl methyl sites for hydroxylation is 1. The number of aromatic nitrogens is 1. The van der Waals surface area contributed by atoms with E-state index in [2.05, 4.69) is 22.2 Å². The van der Waals surface area contributed by atoms with E-state index in [1.54, 1.807) is 24.3 Å². The first kappa shape index (κ1) is 19.6. The Hall–Kier alpha value is -2.31. The van der Waals surface area contributed by atoms with Gasteiger partial charge in [-0.3, -0.25) is 0 Å². The number of nitrogens with zero attached hydrogens (tertiary/aromatic N) is 1. The van der Waals surface area contributed by atoms with Gasteiger partial charge in [0.25, 0.3) is 0 Å². The third-order valence-electron chi connectivity index (χ3n) is 6.59. The lowest BCUT2D eigenvalue weighted by molar-refractivity contribution is 0.332. The first-order chi connectivity index (χ1) is 14.3. The van der Waals surface area contributed by atoms with Crippen LogP contribution in [0.5, 0.6) is 0 Å². The van der Waals surface area contributed by atoms with Gasteiger partial charge in [-0.2, -0.15) is 0 Å². The van der Waals surface area contributed by atoms with Gasteiger partial charge in [0.15, 0.2) is 0 Å². The molecular weight excluding hydrogens is 394 g/mol. The molecule has 1 saturated heterocycles. The molecule has 2 aliphatic heterocycles. The molecule has 0 saturated carbocycles. The van der Waals surface area contributed by atoms with Gasteiger partial charge >= 0.3 is 0 Å². The SMILES string of the molecule is CC(C)Nc1cccc(S(=O)(=O)c2ccc3c(c2)c2c(n3C)CC3CCC2NC3)c1. The van der Waals surface area contributed by atoms with Crippen LogP contribution >= 0.6 is 0 Å². The second-order valence-corrected chi connectivity index (χ2v) is 11.0. The summed E-state index contributed by atoms with van der Waals surface area (Å²) in [6.07, 6.45) is 3.42. The Bertz CT molecular complexity index is 1220. The summed E-state index contributed by atoms with van der Waals surface area (Å²) >= 11 is 0. The molecule has 5 nitrogen and oxygen atoms in total. The number of hydrogen-bond donors (Lipinski definition) is 2. The van der Waals surface area contributed by atoms with E-state index in [-0.39, 0.29) is 6.04 Å². The van der Waals surface area contributed by atoms with Crippen molar-refractivity contribution >= 4 is 26.4 Å². The Labute approximate surface area is 178 Å². The lowest BCUT2D eigenvalue weighted by Gasteiger charge is -2.25. The smallest absolute Gasteiger partial charge is 0.206 e. The van der Waals surface area contributed by atoms with Crippen molar-refractivity contribution in [3.8, 4) is 0 Å². The molecule has 3 heterocycles. The fraction of sp³-hybridized carbons (Fsp3) is 0.417. The van der Waals surface area contributed by atoms with E-state index >= 15 is 0 Å². The molecule has 2 N–H and O–H groups in total. The van der Waals surface area contributed by atoms with Gasteiger partial charge in [0.2, 0.25) is 9.84 Å². The predicted octanol–water partition coefficient (Wildman–Crippen LogP) is 4.43. The molecule has 3 aliphatic rings. The molecule has 30 heavy (non-hydrogen) atoms. The molecule has 3 aromatic rings. The van der Waals surface area contributed by atoms with Gasteiger partial charge in [-0.15, -0.1) is 0 Å². The van der Waals surface area contributed by atoms with Crippen LogP contribution in [0, 0.1) is 5.92 Å². The maximum Gasteiger partial charge on any atom is 0.206 e. The molecule has 6 rings (SSSR count). The average molecular weight is 424 g/mol. The molecule has 158 valence electrons. The Morgan fingerprint density at radius 2 is 1.90 bits per heavy atom. The zero-order chi connectivity index (χ0) is 21.0. The second-order valence-electron chi connectivity index (χ2n) is 9.04. The molecule has 0 amide bonds. The Balaban J connectivity index is 1.63. The summed E-state index contributed by atoms with van der Waals surface area (Å²) in [7, 11) is -1.49. The van der Waals surface area contributed by atoms with Crippen molar-refractivity contribution in [2.24, 2.45) is 13.0 Å². The van der Waals surface area contributed by atoms with E-state index in [4.69, 9.17) is 0 Å². The number of anilines is 1. The summed E-state index contributed by atoms with van der Waals surface area (Å²) < 4.78 is 29.2. The van der Waals surface area contributed by atoms with E-state index in [0.717, 1.165) is 36.0 Å². The van der Waals surface area contributed by atoms with Crippen LogP contribution in [0.1, 0.15) is 44.0 Å². The monoisotopic (exact) mass is 423 g/mol. The molecule has 1 aliphatic carbocycles. The van der Waals surface area contributed by atoms with E-state index < -0.39 is 9.84 Å². The molecule has 2 bridgehead atoms. The normalized spacial score (nSPS) is 21.1. The highest BCUT2D eigenvalue weighted by Gasteiger charge is 2.33. The Kier molecular flexibility index (Phi) is 4.67. The van der Waals surface area contributed by atoms with Crippen LogP contribution in [0.4, 0.5) is 5.69 Å². The van der Waals surface area contributed by atoms with Crippen LogP contribution in [0.3, 0.4) is 0 Å². The molecule has 2 atom stereocenters. The summed E-state index contributed by atoms with van der Waals surface area (Å²) in [4.78, 5) is 0.692. The number of benzene rings is 2. The van der Waals surface area contributed by atoms with E-state index in [1.165, 1.54) is 17.7 Å². The van der Waals surface area contributed by atoms with Gasteiger partial charge in [0.05, 0.1) is 9.79 Å². The van der Waals surface area contributed by atoms with Gasteiger partial charge in [-0.1, -0.05) is 6.07 Å². The van der Waals surface area contributed by atoms with Crippen LogP contribution in [0.2, 0.25) is 0 Å². The number of rotatable bonds is 4. The van der Waals surface area contributed by atoms with E-state index in [0.29, 0.717) is 21.8 Å². The minimum Gasteiger partial charge on any atom is -0.383 e. The van der Waals surface area contributed by atoms with Crippen molar-refractivity contribution in [1.82, 2.24) is 9.88 Å².